The van der Waals surface area contributed by atoms with Gasteiger partial charge in [-0.05, 0) is 23.1 Å². The van der Waals surface area contributed by atoms with Crippen molar-refractivity contribution in [3.05, 3.63) is 51.3 Å². The van der Waals surface area contributed by atoms with Crippen LogP contribution in [-0.4, -0.2) is 20.4 Å². The summed E-state index contributed by atoms with van der Waals surface area (Å²) in [6.45, 7) is 0. The predicted molar refractivity (Wildman–Crippen MR) is 69.3 cm³/mol. The smallest absolute Gasteiger partial charge is 0.323 e. The molecule has 0 aliphatic rings. The summed E-state index contributed by atoms with van der Waals surface area (Å²) in [4.78, 5) is 26.0. The molecular weight excluding hydrogens is 272 g/mol. The summed E-state index contributed by atoms with van der Waals surface area (Å²) in [5, 5.41) is 13.4. The van der Waals surface area contributed by atoms with E-state index < -0.39 is 10.8 Å². The topological polar surface area (TPSA) is 90.1 Å². The molecule has 0 spiro atoms. The largest absolute Gasteiger partial charge is 0.358 e. The van der Waals surface area contributed by atoms with Gasteiger partial charge in [-0.25, -0.2) is 9.55 Å². The van der Waals surface area contributed by atoms with Crippen molar-refractivity contribution in [2.75, 3.05) is 5.32 Å². The highest BCUT2D eigenvalue weighted by atomic mass is 35.5. The van der Waals surface area contributed by atoms with Crippen molar-refractivity contribution in [1.29, 1.82) is 0 Å². The Bertz CT molecular complexity index is 653. The highest BCUT2D eigenvalue weighted by molar-refractivity contribution is 6.29. The van der Waals surface area contributed by atoms with E-state index in [4.69, 9.17) is 11.6 Å². The molecule has 1 amide bonds. The van der Waals surface area contributed by atoms with Gasteiger partial charge in [0.15, 0.2) is 5.69 Å². The molecule has 8 heteroatoms. The van der Waals surface area contributed by atoms with Gasteiger partial charge in [0.25, 0.3) is 5.91 Å². The fourth-order valence-electron chi connectivity index (χ4n) is 1.57. The number of aromatic nitrogens is 2. The summed E-state index contributed by atoms with van der Waals surface area (Å²) in [5.74, 6) is -0.379. The van der Waals surface area contributed by atoms with Crippen LogP contribution in [0.15, 0.2) is 30.3 Å². The molecule has 0 radical (unpaired) electrons. The number of carbonyl (C=O) groups is 1. The monoisotopic (exact) mass is 280 g/mol. The normalized spacial score (nSPS) is 10.2. The Morgan fingerprint density at radius 1 is 1.42 bits per heavy atom. The summed E-state index contributed by atoms with van der Waals surface area (Å²) in [5.41, 5.74) is 0.161. The van der Waals surface area contributed by atoms with Crippen molar-refractivity contribution in [3.8, 4) is 0 Å². The van der Waals surface area contributed by atoms with Gasteiger partial charge in [0.05, 0.1) is 7.05 Å². The van der Waals surface area contributed by atoms with Gasteiger partial charge in [-0.2, -0.15) is 0 Å². The lowest BCUT2D eigenvalue weighted by atomic mass is 10.4. The highest BCUT2D eigenvalue weighted by Gasteiger charge is 2.20. The maximum Gasteiger partial charge on any atom is 0.323 e. The molecule has 2 rings (SSSR count). The van der Waals surface area contributed by atoms with Gasteiger partial charge in [0.2, 0.25) is 0 Å². The molecule has 2 aromatic rings. The fraction of sp³-hybridized carbons (Fsp3) is 0.0909. The number of nitrogens with one attached hydrogen (secondary N) is 1. The summed E-state index contributed by atoms with van der Waals surface area (Å²) in [6, 6.07) is 7.42. The number of hydrogen-bond donors (Lipinski definition) is 1. The van der Waals surface area contributed by atoms with E-state index in [2.05, 4.69) is 10.3 Å². The third-order valence-corrected chi connectivity index (χ3v) is 2.68. The zero-order valence-electron chi connectivity index (χ0n) is 9.83. The quantitative estimate of drug-likeness (QED) is 0.530. The highest BCUT2D eigenvalue weighted by Crippen LogP contribution is 2.16. The Hall–Kier alpha value is -2.41. The first-order chi connectivity index (χ1) is 8.99. The lowest BCUT2D eigenvalue weighted by Crippen LogP contribution is -2.16. The first kappa shape index (κ1) is 13.0. The molecule has 0 bridgehead atoms. The molecular formula is C11H9ClN4O3. The molecule has 7 nitrogen and oxygen atoms in total. The zero-order chi connectivity index (χ0) is 14.0. The standard InChI is InChI=1S/C11H9ClN4O3/c1-15-7(5-6-10(15)16(18)19)11(17)14-9-4-2-3-8(12)13-9/h2-6H,1H3,(H,13,14,17). The molecule has 0 unspecified atom stereocenters. The van der Waals surface area contributed by atoms with Gasteiger partial charge >= 0.3 is 5.82 Å². The summed E-state index contributed by atoms with van der Waals surface area (Å²) in [7, 11) is 1.44. The number of carbonyl (C=O) groups excluding carboxylic acids is 1. The van der Waals surface area contributed by atoms with Gasteiger partial charge in [0.1, 0.15) is 11.0 Å². The number of hydrogen-bond acceptors (Lipinski definition) is 4. The van der Waals surface area contributed by atoms with Crippen molar-refractivity contribution < 1.29 is 9.72 Å². The van der Waals surface area contributed by atoms with E-state index in [1.165, 1.54) is 23.7 Å². The second kappa shape index (κ2) is 5.07. The van der Waals surface area contributed by atoms with E-state index in [1.54, 1.807) is 18.2 Å². The van der Waals surface area contributed by atoms with E-state index in [-0.39, 0.29) is 22.5 Å². The van der Waals surface area contributed by atoms with Crippen LogP contribution in [0.25, 0.3) is 0 Å². The molecule has 0 fully saturated rings. The van der Waals surface area contributed by atoms with E-state index in [9.17, 15) is 14.9 Å². The number of halogens is 1. The summed E-state index contributed by atoms with van der Waals surface area (Å²) >= 11 is 5.69. The van der Waals surface area contributed by atoms with Crippen LogP contribution < -0.4 is 5.32 Å². The molecule has 0 aliphatic carbocycles. The van der Waals surface area contributed by atoms with Crippen molar-refractivity contribution in [1.82, 2.24) is 9.55 Å². The van der Waals surface area contributed by atoms with Crippen molar-refractivity contribution in [2.45, 2.75) is 0 Å². The van der Waals surface area contributed by atoms with Crippen molar-refractivity contribution in [3.63, 3.8) is 0 Å². The van der Waals surface area contributed by atoms with E-state index in [1.807, 2.05) is 0 Å². The zero-order valence-corrected chi connectivity index (χ0v) is 10.6. The molecule has 1 N–H and O–H groups in total. The van der Waals surface area contributed by atoms with Crippen LogP contribution in [0.1, 0.15) is 10.5 Å². The van der Waals surface area contributed by atoms with Gasteiger partial charge in [-0.1, -0.05) is 17.7 Å². The summed E-state index contributed by atoms with van der Waals surface area (Å²) in [6.07, 6.45) is 0. The average molecular weight is 281 g/mol. The van der Waals surface area contributed by atoms with E-state index in [0.29, 0.717) is 0 Å². The molecule has 0 aliphatic heterocycles. The number of nitro groups is 1. The Morgan fingerprint density at radius 3 is 2.74 bits per heavy atom. The minimum absolute atomic E-state index is 0.161. The van der Waals surface area contributed by atoms with Gasteiger partial charge in [-0.15, -0.1) is 0 Å². The molecule has 0 atom stereocenters. The number of nitrogens with zero attached hydrogens (tertiary/aromatic N) is 3. The Kier molecular flexibility index (Phi) is 3.48. The maximum atomic E-state index is 11.9. The van der Waals surface area contributed by atoms with E-state index >= 15 is 0 Å². The van der Waals surface area contributed by atoms with Crippen LogP contribution in [0, 0.1) is 10.1 Å². The van der Waals surface area contributed by atoms with Crippen LogP contribution in [0.2, 0.25) is 5.15 Å². The third kappa shape index (κ3) is 2.71. The second-order valence-electron chi connectivity index (χ2n) is 3.69. The van der Waals surface area contributed by atoms with Crippen LogP contribution in [0.4, 0.5) is 11.6 Å². The average Bonchev–Trinajstić information content (AvgIpc) is 2.71. The second-order valence-corrected chi connectivity index (χ2v) is 4.08. The molecule has 0 aromatic carbocycles. The van der Waals surface area contributed by atoms with Crippen molar-refractivity contribution >= 4 is 29.1 Å². The van der Waals surface area contributed by atoms with Crippen LogP contribution in [-0.2, 0) is 7.05 Å². The maximum absolute atomic E-state index is 11.9. The minimum atomic E-state index is -0.561. The predicted octanol–water partition coefficient (Wildman–Crippen LogP) is 2.23. The SMILES string of the molecule is Cn1c(C(=O)Nc2cccc(Cl)n2)ccc1[N+](=O)[O-]. The summed E-state index contributed by atoms with van der Waals surface area (Å²) < 4.78 is 1.19. The number of pyridine rings is 1. The first-order valence-electron chi connectivity index (χ1n) is 5.23. The van der Waals surface area contributed by atoms with Crippen molar-refractivity contribution in [2.24, 2.45) is 7.05 Å². The van der Waals surface area contributed by atoms with Crippen LogP contribution >= 0.6 is 11.6 Å². The Balaban J connectivity index is 2.23. The molecule has 19 heavy (non-hydrogen) atoms. The molecule has 2 heterocycles. The van der Waals surface area contributed by atoms with Crippen LogP contribution in [0.5, 0.6) is 0 Å². The number of anilines is 1. The third-order valence-electron chi connectivity index (χ3n) is 2.47. The van der Waals surface area contributed by atoms with E-state index in [0.717, 1.165) is 0 Å². The number of rotatable bonds is 3. The van der Waals surface area contributed by atoms with Gasteiger partial charge in [-0.3, -0.25) is 4.79 Å². The molecule has 0 saturated heterocycles. The molecule has 2 aromatic heterocycles. The lowest BCUT2D eigenvalue weighted by molar-refractivity contribution is -0.391. The molecule has 0 saturated carbocycles. The lowest BCUT2D eigenvalue weighted by Gasteiger charge is -2.03. The first-order valence-corrected chi connectivity index (χ1v) is 5.61. The Labute approximate surface area is 113 Å². The van der Waals surface area contributed by atoms with Gasteiger partial charge < -0.3 is 15.4 Å². The number of amides is 1. The Morgan fingerprint density at radius 2 is 2.16 bits per heavy atom. The van der Waals surface area contributed by atoms with Crippen LogP contribution in [0.3, 0.4) is 0 Å². The van der Waals surface area contributed by atoms with Gasteiger partial charge in [0, 0.05) is 6.07 Å². The fourth-order valence-corrected chi connectivity index (χ4v) is 1.73. The molecule has 98 valence electrons. The minimum Gasteiger partial charge on any atom is -0.358 e.